The number of nitrogens with zero attached hydrogens (tertiary/aromatic N) is 3. The molecule has 0 spiro atoms. The Morgan fingerprint density at radius 2 is 2.08 bits per heavy atom. The van der Waals surface area contributed by atoms with Crippen LogP contribution in [-0.2, 0) is 6.54 Å². The third kappa shape index (κ3) is 4.96. The Bertz CT molecular complexity index is 678. The molecular weight excluding hydrogens is 318 g/mol. The normalized spacial score (nSPS) is 12.8. The number of benzene rings is 1. The molecule has 2 rings (SSSR count). The van der Waals surface area contributed by atoms with Crippen molar-refractivity contribution in [3.63, 3.8) is 0 Å². The minimum Gasteiger partial charge on any atom is -0.357 e. The summed E-state index contributed by atoms with van der Waals surface area (Å²) in [5, 5.41) is 9.85. The standard InChI is InChI=1S/C18H27N5S/c1-6-19-17(20-11-15-12-24-18(22-15)23(4)5)21-14(3)16-10-8-7-9-13(16)2/h7-10,12,14H,6,11H2,1-5H3,(H2,19,20,21). The maximum Gasteiger partial charge on any atom is 0.192 e. The Kier molecular flexibility index (Phi) is 6.61. The van der Waals surface area contributed by atoms with Crippen LogP contribution in [0.2, 0.25) is 0 Å². The second-order valence-corrected chi connectivity index (χ2v) is 6.77. The van der Waals surface area contributed by atoms with Crippen molar-refractivity contribution in [1.29, 1.82) is 0 Å². The lowest BCUT2D eigenvalue weighted by atomic mass is 10.0. The first-order chi connectivity index (χ1) is 11.5. The fourth-order valence-electron chi connectivity index (χ4n) is 2.41. The molecule has 0 aliphatic carbocycles. The number of hydrogen-bond donors (Lipinski definition) is 2. The van der Waals surface area contributed by atoms with E-state index in [2.05, 4.69) is 71.0 Å². The molecule has 1 unspecified atom stereocenters. The van der Waals surface area contributed by atoms with Crippen LogP contribution >= 0.6 is 11.3 Å². The summed E-state index contributed by atoms with van der Waals surface area (Å²) in [7, 11) is 4.00. The summed E-state index contributed by atoms with van der Waals surface area (Å²) >= 11 is 1.64. The summed E-state index contributed by atoms with van der Waals surface area (Å²) in [6, 6.07) is 8.62. The van der Waals surface area contributed by atoms with E-state index in [4.69, 9.17) is 0 Å². The zero-order valence-corrected chi connectivity index (χ0v) is 15.9. The third-order valence-corrected chi connectivity index (χ3v) is 4.73. The number of aromatic nitrogens is 1. The highest BCUT2D eigenvalue weighted by molar-refractivity contribution is 7.13. The zero-order chi connectivity index (χ0) is 17.5. The molecule has 0 aliphatic rings. The molecule has 0 amide bonds. The van der Waals surface area contributed by atoms with E-state index < -0.39 is 0 Å². The summed E-state index contributed by atoms with van der Waals surface area (Å²) in [6.07, 6.45) is 0. The Morgan fingerprint density at radius 3 is 2.71 bits per heavy atom. The smallest absolute Gasteiger partial charge is 0.192 e. The first kappa shape index (κ1) is 18.3. The van der Waals surface area contributed by atoms with Gasteiger partial charge in [-0.05, 0) is 31.9 Å². The largest absolute Gasteiger partial charge is 0.357 e. The summed E-state index contributed by atoms with van der Waals surface area (Å²) in [5.74, 6) is 0.813. The Labute approximate surface area is 148 Å². The molecule has 5 nitrogen and oxygen atoms in total. The first-order valence-corrected chi connectivity index (χ1v) is 9.11. The van der Waals surface area contributed by atoms with Crippen LogP contribution in [0.3, 0.4) is 0 Å². The summed E-state index contributed by atoms with van der Waals surface area (Å²) in [6.45, 7) is 7.76. The van der Waals surface area contributed by atoms with Crippen molar-refractivity contribution in [2.24, 2.45) is 4.99 Å². The molecule has 0 bridgehead atoms. The SMILES string of the molecule is CCNC(=NCc1csc(N(C)C)n1)NC(C)c1ccccc1C. The van der Waals surface area contributed by atoms with Crippen molar-refractivity contribution in [2.75, 3.05) is 25.5 Å². The first-order valence-electron chi connectivity index (χ1n) is 8.23. The van der Waals surface area contributed by atoms with E-state index in [1.165, 1.54) is 11.1 Å². The van der Waals surface area contributed by atoms with E-state index in [1.54, 1.807) is 11.3 Å². The van der Waals surface area contributed by atoms with Crippen LogP contribution in [0.5, 0.6) is 0 Å². The average molecular weight is 346 g/mol. The highest BCUT2D eigenvalue weighted by atomic mass is 32.1. The number of thiazole rings is 1. The van der Waals surface area contributed by atoms with Crippen LogP contribution in [-0.4, -0.2) is 31.6 Å². The summed E-state index contributed by atoms with van der Waals surface area (Å²) < 4.78 is 0. The van der Waals surface area contributed by atoms with Crippen LogP contribution in [0, 0.1) is 6.92 Å². The molecule has 0 aliphatic heterocycles. The maximum absolute atomic E-state index is 4.67. The fourth-order valence-corrected chi connectivity index (χ4v) is 3.16. The molecule has 6 heteroatoms. The molecular formula is C18H27N5S. The second kappa shape index (κ2) is 8.68. The molecule has 2 aromatic rings. The van der Waals surface area contributed by atoms with Gasteiger partial charge in [0.15, 0.2) is 11.1 Å². The van der Waals surface area contributed by atoms with Crippen molar-refractivity contribution in [3.8, 4) is 0 Å². The predicted octanol–water partition coefficient (Wildman–Crippen LogP) is 3.33. The Morgan fingerprint density at radius 1 is 1.33 bits per heavy atom. The van der Waals surface area contributed by atoms with E-state index in [9.17, 15) is 0 Å². The highest BCUT2D eigenvalue weighted by Crippen LogP contribution is 2.19. The van der Waals surface area contributed by atoms with E-state index >= 15 is 0 Å². The summed E-state index contributed by atoms with van der Waals surface area (Å²) in [5.41, 5.74) is 3.56. The lowest BCUT2D eigenvalue weighted by molar-refractivity contribution is 0.682. The number of hydrogen-bond acceptors (Lipinski definition) is 4. The van der Waals surface area contributed by atoms with Crippen LogP contribution in [0.25, 0.3) is 0 Å². The van der Waals surface area contributed by atoms with Gasteiger partial charge in [0.05, 0.1) is 18.3 Å². The lowest BCUT2D eigenvalue weighted by Crippen LogP contribution is -2.38. The minimum atomic E-state index is 0.191. The predicted molar refractivity (Wildman–Crippen MR) is 104 cm³/mol. The topological polar surface area (TPSA) is 52.6 Å². The van der Waals surface area contributed by atoms with E-state index in [-0.39, 0.29) is 6.04 Å². The van der Waals surface area contributed by atoms with Crippen LogP contribution < -0.4 is 15.5 Å². The number of guanidine groups is 1. The molecule has 1 heterocycles. The average Bonchev–Trinajstić information content (AvgIpc) is 3.02. The fraction of sp³-hybridized carbons (Fsp3) is 0.444. The van der Waals surface area contributed by atoms with Gasteiger partial charge in [-0.25, -0.2) is 9.98 Å². The minimum absolute atomic E-state index is 0.191. The zero-order valence-electron chi connectivity index (χ0n) is 15.1. The van der Waals surface area contributed by atoms with E-state index in [0.717, 1.165) is 23.3 Å². The Hall–Kier alpha value is -2.08. The third-order valence-electron chi connectivity index (χ3n) is 3.67. The van der Waals surface area contributed by atoms with Gasteiger partial charge in [-0.3, -0.25) is 0 Å². The van der Waals surface area contributed by atoms with Crippen molar-refractivity contribution in [2.45, 2.75) is 33.4 Å². The molecule has 0 fully saturated rings. The van der Waals surface area contributed by atoms with Gasteiger partial charge in [0.25, 0.3) is 0 Å². The molecule has 1 atom stereocenters. The van der Waals surface area contributed by atoms with Gasteiger partial charge in [0.1, 0.15) is 0 Å². The lowest BCUT2D eigenvalue weighted by Gasteiger charge is -2.19. The van der Waals surface area contributed by atoms with Gasteiger partial charge in [0, 0.05) is 26.0 Å². The summed E-state index contributed by atoms with van der Waals surface area (Å²) in [4.78, 5) is 11.3. The van der Waals surface area contributed by atoms with Crippen LogP contribution in [0.4, 0.5) is 5.13 Å². The van der Waals surface area contributed by atoms with E-state index in [0.29, 0.717) is 6.54 Å². The number of nitrogens with one attached hydrogen (secondary N) is 2. The van der Waals surface area contributed by atoms with Gasteiger partial charge < -0.3 is 15.5 Å². The highest BCUT2D eigenvalue weighted by Gasteiger charge is 2.10. The van der Waals surface area contributed by atoms with Crippen LogP contribution in [0.15, 0.2) is 34.6 Å². The van der Waals surface area contributed by atoms with Crippen molar-refractivity contribution < 1.29 is 0 Å². The number of aliphatic imine (C=N–C) groups is 1. The van der Waals surface area contributed by atoms with Crippen LogP contribution in [0.1, 0.15) is 36.7 Å². The Balaban J connectivity index is 2.06. The monoisotopic (exact) mass is 345 g/mol. The van der Waals surface area contributed by atoms with Crippen molar-refractivity contribution >= 4 is 22.4 Å². The molecule has 1 aromatic carbocycles. The molecule has 0 saturated carbocycles. The maximum atomic E-state index is 4.67. The molecule has 0 radical (unpaired) electrons. The quantitative estimate of drug-likeness (QED) is 0.623. The second-order valence-electron chi connectivity index (χ2n) is 5.93. The van der Waals surface area contributed by atoms with Gasteiger partial charge >= 0.3 is 0 Å². The van der Waals surface area contributed by atoms with Gasteiger partial charge in [-0.1, -0.05) is 24.3 Å². The molecule has 0 saturated heterocycles. The van der Waals surface area contributed by atoms with E-state index in [1.807, 2.05) is 19.0 Å². The van der Waals surface area contributed by atoms with Gasteiger partial charge in [-0.2, -0.15) is 0 Å². The van der Waals surface area contributed by atoms with Gasteiger partial charge in [-0.15, -0.1) is 11.3 Å². The molecule has 24 heavy (non-hydrogen) atoms. The number of rotatable bonds is 6. The van der Waals surface area contributed by atoms with Crippen molar-refractivity contribution in [1.82, 2.24) is 15.6 Å². The molecule has 130 valence electrons. The van der Waals surface area contributed by atoms with Crippen molar-refractivity contribution in [3.05, 3.63) is 46.5 Å². The number of anilines is 1. The molecule has 2 N–H and O–H groups in total. The number of aryl methyl sites for hydroxylation is 1. The van der Waals surface area contributed by atoms with Gasteiger partial charge in [0.2, 0.25) is 0 Å². The molecule has 1 aromatic heterocycles.